The molecular formula is C13H24N2O3. The van der Waals surface area contributed by atoms with Crippen molar-refractivity contribution in [2.24, 2.45) is 17.6 Å². The zero-order valence-corrected chi connectivity index (χ0v) is 11.0. The van der Waals surface area contributed by atoms with E-state index < -0.39 is 12.0 Å². The number of carbonyl (C=O) groups is 2. The summed E-state index contributed by atoms with van der Waals surface area (Å²) in [5.74, 6) is -1.26. The molecular weight excluding hydrogens is 232 g/mol. The van der Waals surface area contributed by atoms with Gasteiger partial charge in [-0.05, 0) is 31.7 Å². The number of carbonyl (C=O) groups excluding carboxylic acids is 1. The summed E-state index contributed by atoms with van der Waals surface area (Å²) >= 11 is 0. The van der Waals surface area contributed by atoms with E-state index in [2.05, 4.69) is 5.32 Å². The third-order valence-electron chi connectivity index (χ3n) is 3.73. The van der Waals surface area contributed by atoms with E-state index in [0.717, 1.165) is 25.7 Å². The third kappa shape index (κ3) is 4.29. The highest BCUT2D eigenvalue weighted by Crippen LogP contribution is 2.26. The Hall–Kier alpha value is -1.10. The van der Waals surface area contributed by atoms with Crippen LogP contribution in [-0.4, -0.2) is 29.6 Å². The molecule has 0 aromatic heterocycles. The van der Waals surface area contributed by atoms with Crippen LogP contribution in [-0.2, 0) is 9.59 Å². The molecule has 5 heteroatoms. The van der Waals surface area contributed by atoms with Gasteiger partial charge in [-0.1, -0.05) is 26.2 Å². The maximum absolute atomic E-state index is 11.9. The second-order valence-corrected chi connectivity index (χ2v) is 5.20. The maximum atomic E-state index is 11.9. The number of carboxylic acid groups (broad SMARTS) is 1. The highest BCUT2D eigenvalue weighted by Gasteiger charge is 2.31. The highest BCUT2D eigenvalue weighted by atomic mass is 16.4. The Morgan fingerprint density at radius 2 is 1.94 bits per heavy atom. The first-order valence-electron chi connectivity index (χ1n) is 6.79. The summed E-state index contributed by atoms with van der Waals surface area (Å²) in [5.41, 5.74) is 5.40. The van der Waals surface area contributed by atoms with E-state index in [1.165, 1.54) is 6.42 Å². The van der Waals surface area contributed by atoms with Gasteiger partial charge in [-0.25, -0.2) is 4.79 Å². The van der Waals surface area contributed by atoms with E-state index >= 15 is 0 Å². The topological polar surface area (TPSA) is 92.4 Å². The molecule has 1 saturated carbocycles. The third-order valence-corrected chi connectivity index (χ3v) is 3.73. The van der Waals surface area contributed by atoms with Gasteiger partial charge in [0.1, 0.15) is 6.04 Å². The first-order valence-corrected chi connectivity index (χ1v) is 6.79. The Morgan fingerprint density at radius 3 is 2.44 bits per heavy atom. The number of hydrogen-bond acceptors (Lipinski definition) is 3. The highest BCUT2D eigenvalue weighted by molar-refractivity contribution is 5.85. The fourth-order valence-corrected chi connectivity index (χ4v) is 2.53. The van der Waals surface area contributed by atoms with Gasteiger partial charge >= 0.3 is 5.97 Å². The molecule has 104 valence electrons. The van der Waals surface area contributed by atoms with Crippen LogP contribution >= 0.6 is 0 Å². The summed E-state index contributed by atoms with van der Waals surface area (Å²) < 4.78 is 0. The van der Waals surface area contributed by atoms with Crippen molar-refractivity contribution >= 4 is 11.9 Å². The minimum atomic E-state index is -0.921. The van der Waals surface area contributed by atoms with E-state index in [9.17, 15) is 14.7 Å². The Balaban J connectivity index is 2.56. The molecule has 5 nitrogen and oxygen atoms in total. The largest absolute Gasteiger partial charge is 0.480 e. The van der Waals surface area contributed by atoms with Crippen molar-refractivity contribution in [3.05, 3.63) is 0 Å². The Kier molecular flexibility index (Phi) is 6.12. The lowest BCUT2D eigenvalue weighted by atomic mass is 9.83. The lowest BCUT2D eigenvalue weighted by Gasteiger charge is -2.28. The molecule has 1 aliphatic carbocycles. The van der Waals surface area contributed by atoms with Crippen LogP contribution in [0.15, 0.2) is 0 Å². The number of rotatable bonds is 6. The lowest BCUT2D eigenvalue weighted by Crippen LogP contribution is -2.48. The predicted octanol–water partition coefficient (Wildman–Crippen LogP) is 1.12. The standard InChI is InChI=1S/C13H24N2O3/c1-9(7-8-14)12(16)15-11(13(17)18)10-5-3-2-4-6-10/h9-11H,2-8,14H2,1H3,(H,15,16)(H,17,18). The van der Waals surface area contributed by atoms with E-state index in [1.807, 2.05) is 0 Å². The van der Waals surface area contributed by atoms with Crippen molar-refractivity contribution in [1.29, 1.82) is 0 Å². The second kappa shape index (κ2) is 7.36. The van der Waals surface area contributed by atoms with Crippen molar-refractivity contribution in [2.45, 2.75) is 51.5 Å². The molecule has 1 aliphatic rings. The SMILES string of the molecule is CC(CCN)C(=O)NC(C(=O)O)C1CCCCC1. The Bertz CT molecular complexity index is 288. The summed E-state index contributed by atoms with van der Waals surface area (Å²) in [5, 5.41) is 11.9. The minimum Gasteiger partial charge on any atom is -0.480 e. The zero-order chi connectivity index (χ0) is 13.5. The van der Waals surface area contributed by atoms with Gasteiger partial charge in [0.15, 0.2) is 0 Å². The van der Waals surface area contributed by atoms with E-state index in [-0.39, 0.29) is 17.7 Å². The van der Waals surface area contributed by atoms with Crippen molar-refractivity contribution in [3.8, 4) is 0 Å². The number of nitrogens with one attached hydrogen (secondary N) is 1. The lowest BCUT2D eigenvalue weighted by molar-refractivity contribution is -0.144. The van der Waals surface area contributed by atoms with Crippen LogP contribution in [0.25, 0.3) is 0 Å². The van der Waals surface area contributed by atoms with Crippen LogP contribution in [0.1, 0.15) is 45.4 Å². The number of nitrogens with two attached hydrogens (primary N) is 1. The molecule has 0 radical (unpaired) electrons. The van der Waals surface area contributed by atoms with Crippen molar-refractivity contribution in [3.63, 3.8) is 0 Å². The van der Waals surface area contributed by atoms with Gasteiger partial charge in [-0.15, -0.1) is 0 Å². The van der Waals surface area contributed by atoms with Crippen molar-refractivity contribution < 1.29 is 14.7 Å². The number of aliphatic carboxylic acids is 1. The quantitative estimate of drug-likeness (QED) is 0.664. The van der Waals surface area contributed by atoms with Gasteiger partial charge in [-0.3, -0.25) is 4.79 Å². The fourth-order valence-electron chi connectivity index (χ4n) is 2.53. The number of amides is 1. The second-order valence-electron chi connectivity index (χ2n) is 5.20. The molecule has 2 atom stereocenters. The first kappa shape index (κ1) is 15.0. The van der Waals surface area contributed by atoms with Gasteiger partial charge in [0.05, 0.1) is 0 Å². The molecule has 4 N–H and O–H groups in total. The van der Waals surface area contributed by atoms with Gasteiger partial charge in [0, 0.05) is 5.92 Å². The van der Waals surface area contributed by atoms with Crippen LogP contribution in [0.4, 0.5) is 0 Å². The number of hydrogen-bond donors (Lipinski definition) is 3. The summed E-state index contributed by atoms with van der Waals surface area (Å²) in [6.07, 6.45) is 5.65. The molecule has 0 heterocycles. The van der Waals surface area contributed by atoms with Crippen LogP contribution in [0.3, 0.4) is 0 Å². The average molecular weight is 256 g/mol. The smallest absolute Gasteiger partial charge is 0.326 e. The molecule has 0 bridgehead atoms. The van der Waals surface area contributed by atoms with Crippen LogP contribution in [0.2, 0.25) is 0 Å². The summed E-state index contributed by atoms with van der Waals surface area (Å²) in [6, 6.07) is -0.738. The minimum absolute atomic E-state index is 0.0743. The monoisotopic (exact) mass is 256 g/mol. The van der Waals surface area contributed by atoms with Crippen molar-refractivity contribution in [1.82, 2.24) is 5.32 Å². The first-order chi connectivity index (χ1) is 8.56. The molecule has 1 fully saturated rings. The Morgan fingerprint density at radius 1 is 1.33 bits per heavy atom. The summed E-state index contributed by atoms with van der Waals surface area (Å²) in [6.45, 7) is 2.22. The molecule has 0 aromatic rings. The van der Waals surface area contributed by atoms with Gasteiger partial charge in [-0.2, -0.15) is 0 Å². The molecule has 1 amide bonds. The van der Waals surface area contributed by atoms with Crippen LogP contribution < -0.4 is 11.1 Å². The van der Waals surface area contributed by atoms with E-state index in [0.29, 0.717) is 13.0 Å². The van der Waals surface area contributed by atoms with Gasteiger partial charge in [0.25, 0.3) is 0 Å². The van der Waals surface area contributed by atoms with Crippen LogP contribution in [0.5, 0.6) is 0 Å². The maximum Gasteiger partial charge on any atom is 0.326 e. The average Bonchev–Trinajstić information content (AvgIpc) is 2.36. The molecule has 2 unspecified atom stereocenters. The molecule has 0 saturated heterocycles. The zero-order valence-electron chi connectivity index (χ0n) is 11.0. The molecule has 0 aromatic carbocycles. The molecule has 1 rings (SSSR count). The van der Waals surface area contributed by atoms with Crippen molar-refractivity contribution in [2.75, 3.05) is 6.54 Å². The normalized spacial score (nSPS) is 20.1. The summed E-state index contributed by atoms with van der Waals surface area (Å²) in [4.78, 5) is 23.1. The predicted molar refractivity (Wildman–Crippen MR) is 69.0 cm³/mol. The number of carboxylic acids is 1. The summed E-state index contributed by atoms with van der Waals surface area (Å²) in [7, 11) is 0. The molecule has 0 spiro atoms. The van der Waals surface area contributed by atoms with Crippen LogP contribution in [0, 0.1) is 11.8 Å². The van der Waals surface area contributed by atoms with E-state index in [4.69, 9.17) is 5.73 Å². The molecule has 18 heavy (non-hydrogen) atoms. The van der Waals surface area contributed by atoms with Gasteiger partial charge in [0.2, 0.25) is 5.91 Å². The van der Waals surface area contributed by atoms with Gasteiger partial charge < -0.3 is 16.2 Å². The molecule has 0 aliphatic heterocycles. The Labute approximate surface area is 108 Å². The van der Waals surface area contributed by atoms with E-state index in [1.54, 1.807) is 6.92 Å². The fraction of sp³-hybridized carbons (Fsp3) is 0.846.